The standard InChI is InChI=1S/C14H13ClN6S/c15-11-5-3-8-17-13(11)19-14(22)18-9-7-10-4-1-2-6-12(10)20-21-16/h1-6,8H,7,9H2,(H2,17,18,19,22). The Labute approximate surface area is 138 Å². The summed E-state index contributed by atoms with van der Waals surface area (Å²) in [5.41, 5.74) is 10.1. The third-order valence-electron chi connectivity index (χ3n) is 2.81. The molecular formula is C14H13ClN6S. The second kappa shape index (κ2) is 8.19. The fourth-order valence-electron chi connectivity index (χ4n) is 1.81. The van der Waals surface area contributed by atoms with Crippen LogP contribution in [0.25, 0.3) is 10.4 Å². The molecule has 1 aromatic heterocycles. The predicted molar refractivity (Wildman–Crippen MR) is 92.4 cm³/mol. The molecule has 0 unspecified atom stereocenters. The summed E-state index contributed by atoms with van der Waals surface area (Å²) in [6, 6.07) is 10.9. The quantitative estimate of drug-likeness (QED) is 0.372. The number of nitrogens with one attached hydrogen (secondary N) is 2. The van der Waals surface area contributed by atoms with Crippen molar-refractivity contribution in [1.29, 1.82) is 0 Å². The first kappa shape index (κ1) is 16.0. The zero-order chi connectivity index (χ0) is 15.8. The van der Waals surface area contributed by atoms with E-state index < -0.39 is 0 Å². The minimum atomic E-state index is 0.432. The second-order valence-corrected chi connectivity index (χ2v) is 5.10. The lowest BCUT2D eigenvalue weighted by atomic mass is 10.1. The van der Waals surface area contributed by atoms with Crippen LogP contribution in [0.1, 0.15) is 5.56 Å². The highest BCUT2D eigenvalue weighted by molar-refractivity contribution is 7.80. The molecular weight excluding hydrogens is 320 g/mol. The van der Waals surface area contributed by atoms with Gasteiger partial charge in [0.25, 0.3) is 0 Å². The zero-order valence-corrected chi connectivity index (χ0v) is 13.1. The third-order valence-corrected chi connectivity index (χ3v) is 3.37. The number of thiocarbonyl (C=S) groups is 1. The van der Waals surface area contributed by atoms with E-state index in [4.69, 9.17) is 29.3 Å². The molecule has 112 valence electrons. The molecule has 0 saturated carbocycles. The number of rotatable bonds is 5. The Morgan fingerprint density at radius 3 is 2.91 bits per heavy atom. The fraction of sp³-hybridized carbons (Fsp3) is 0.143. The van der Waals surface area contributed by atoms with Crippen molar-refractivity contribution in [3.8, 4) is 0 Å². The van der Waals surface area contributed by atoms with Crippen LogP contribution in [0.2, 0.25) is 5.02 Å². The summed E-state index contributed by atoms with van der Waals surface area (Å²) < 4.78 is 0. The van der Waals surface area contributed by atoms with Crippen molar-refractivity contribution in [2.45, 2.75) is 6.42 Å². The van der Waals surface area contributed by atoms with E-state index in [0.717, 1.165) is 5.56 Å². The maximum absolute atomic E-state index is 8.54. The van der Waals surface area contributed by atoms with Crippen LogP contribution in [0.3, 0.4) is 0 Å². The molecule has 0 aliphatic rings. The number of nitrogens with zero attached hydrogens (tertiary/aromatic N) is 4. The molecule has 1 heterocycles. The number of aromatic nitrogens is 1. The highest BCUT2D eigenvalue weighted by atomic mass is 35.5. The van der Waals surface area contributed by atoms with Crippen molar-refractivity contribution in [1.82, 2.24) is 10.3 Å². The summed E-state index contributed by atoms with van der Waals surface area (Å²) in [5, 5.41) is 10.6. The molecule has 0 radical (unpaired) electrons. The molecule has 0 bridgehead atoms. The highest BCUT2D eigenvalue weighted by Crippen LogP contribution is 2.19. The van der Waals surface area contributed by atoms with E-state index in [-0.39, 0.29) is 0 Å². The molecule has 22 heavy (non-hydrogen) atoms. The summed E-state index contributed by atoms with van der Waals surface area (Å²) in [4.78, 5) is 6.92. The first-order valence-corrected chi connectivity index (χ1v) is 7.27. The van der Waals surface area contributed by atoms with Crippen molar-refractivity contribution in [2.75, 3.05) is 11.9 Å². The fourth-order valence-corrected chi connectivity index (χ4v) is 2.18. The third kappa shape index (κ3) is 4.60. The molecule has 0 aliphatic carbocycles. The van der Waals surface area contributed by atoms with Gasteiger partial charge in [-0.1, -0.05) is 41.0 Å². The minimum absolute atomic E-state index is 0.432. The molecule has 2 rings (SSSR count). The molecule has 2 N–H and O–H groups in total. The normalized spacial score (nSPS) is 9.68. The number of hydrogen-bond donors (Lipinski definition) is 2. The molecule has 0 aliphatic heterocycles. The Kier molecular flexibility index (Phi) is 5.97. The highest BCUT2D eigenvalue weighted by Gasteiger charge is 2.04. The van der Waals surface area contributed by atoms with Crippen LogP contribution >= 0.6 is 23.8 Å². The van der Waals surface area contributed by atoms with Gasteiger partial charge in [0, 0.05) is 23.3 Å². The number of anilines is 1. The molecule has 6 nitrogen and oxygen atoms in total. The summed E-state index contributed by atoms with van der Waals surface area (Å²) in [6.45, 7) is 0.592. The number of azide groups is 1. The van der Waals surface area contributed by atoms with Crippen molar-refractivity contribution < 1.29 is 0 Å². The molecule has 0 spiro atoms. The number of halogens is 1. The van der Waals surface area contributed by atoms with Crippen LogP contribution in [0.4, 0.5) is 11.5 Å². The molecule has 8 heteroatoms. The van der Waals surface area contributed by atoms with Crippen LogP contribution in [0.15, 0.2) is 47.7 Å². The van der Waals surface area contributed by atoms with Crippen LogP contribution in [-0.2, 0) is 6.42 Å². The van der Waals surface area contributed by atoms with Crippen molar-refractivity contribution in [3.05, 3.63) is 63.6 Å². The maximum Gasteiger partial charge on any atom is 0.171 e. The van der Waals surface area contributed by atoms with E-state index >= 15 is 0 Å². The Balaban J connectivity index is 1.88. The van der Waals surface area contributed by atoms with Crippen LogP contribution in [0.5, 0.6) is 0 Å². The largest absolute Gasteiger partial charge is 0.362 e. The Morgan fingerprint density at radius 1 is 1.32 bits per heavy atom. The van der Waals surface area contributed by atoms with E-state index in [0.29, 0.717) is 34.6 Å². The average Bonchev–Trinajstić information content (AvgIpc) is 2.51. The molecule has 2 aromatic rings. The van der Waals surface area contributed by atoms with E-state index in [1.807, 2.05) is 18.2 Å². The zero-order valence-electron chi connectivity index (χ0n) is 11.5. The summed E-state index contributed by atoms with van der Waals surface area (Å²) in [7, 11) is 0. The van der Waals surface area contributed by atoms with Gasteiger partial charge in [-0.25, -0.2) is 4.98 Å². The predicted octanol–water partition coefficient (Wildman–Crippen LogP) is 4.21. The topological polar surface area (TPSA) is 85.7 Å². The molecule has 0 amide bonds. The second-order valence-electron chi connectivity index (χ2n) is 4.28. The molecule has 1 aromatic carbocycles. The Morgan fingerprint density at radius 2 is 2.14 bits per heavy atom. The lowest BCUT2D eigenvalue weighted by Gasteiger charge is -2.11. The van der Waals surface area contributed by atoms with Crippen LogP contribution < -0.4 is 10.6 Å². The first-order valence-electron chi connectivity index (χ1n) is 6.49. The van der Waals surface area contributed by atoms with Gasteiger partial charge >= 0.3 is 0 Å². The Bertz CT molecular complexity index is 714. The van der Waals surface area contributed by atoms with Gasteiger partial charge in [-0.2, -0.15) is 0 Å². The van der Waals surface area contributed by atoms with Gasteiger partial charge < -0.3 is 10.6 Å². The van der Waals surface area contributed by atoms with Crippen molar-refractivity contribution >= 4 is 40.4 Å². The van der Waals surface area contributed by atoms with E-state index in [2.05, 4.69) is 25.6 Å². The van der Waals surface area contributed by atoms with Crippen LogP contribution in [0, 0.1) is 0 Å². The number of pyridine rings is 1. The summed E-state index contributed by atoms with van der Waals surface area (Å²) >= 11 is 11.2. The maximum atomic E-state index is 8.54. The monoisotopic (exact) mass is 332 g/mol. The van der Waals surface area contributed by atoms with Crippen molar-refractivity contribution in [3.63, 3.8) is 0 Å². The van der Waals surface area contributed by atoms with Crippen molar-refractivity contribution in [2.24, 2.45) is 5.11 Å². The summed E-state index contributed by atoms with van der Waals surface area (Å²) in [5.74, 6) is 0.510. The lowest BCUT2D eigenvalue weighted by Crippen LogP contribution is -2.30. The SMILES string of the molecule is [N-]=[N+]=Nc1ccccc1CCNC(=S)Nc1ncccc1Cl. The number of hydrogen-bond acceptors (Lipinski definition) is 3. The van der Waals surface area contributed by atoms with E-state index in [1.165, 1.54) is 0 Å². The first-order chi connectivity index (χ1) is 10.7. The smallest absolute Gasteiger partial charge is 0.171 e. The average molecular weight is 333 g/mol. The summed E-state index contributed by atoms with van der Waals surface area (Å²) in [6.07, 6.45) is 2.31. The minimum Gasteiger partial charge on any atom is -0.362 e. The van der Waals surface area contributed by atoms with Gasteiger partial charge in [-0.05, 0) is 41.9 Å². The van der Waals surface area contributed by atoms with E-state index in [1.54, 1.807) is 24.4 Å². The number of benzene rings is 1. The van der Waals surface area contributed by atoms with Crippen LogP contribution in [-0.4, -0.2) is 16.6 Å². The molecule has 0 fully saturated rings. The lowest BCUT2D eigenvalue weighted by molar-refractivity contribution is 0.872. The van der Waals surface area contributed by atoms with Gasteiger partial charge in [0.2, 0.25) is 0 Å². The molecule has 0 saturated heterocycles. The van der Waals surface area contributed by atoms with Gasteiger partial charge in [0.1, 0.15) is 0 Å². The Hall–Kier alpha value is -2.34. The van der Waals surface area contributed by atoms with E-state index in [9.17, 15) is 0 Å². The van der Waals surface area contributed by atoms with Gasteiger partial charge in [0.15, 0.2) is 10.9 Å². The van der Waals surface area contributed by atoms with Gasteiger partial charge in [-0.15, -0.1) is 0 Å². The van der Waals surface area contributed by atoms with Gasteiger partial charge in [-0.3, -0.25) is 0 Å². The van der Waals surface area contributed by atoms with Gasteiger partial charge in [0.05, 0.1) is 5.02 Å². The molecule has 0 atom stereocenters.